The van der Waals surface area contributed by atoms with Crippen LogP contribution >= 0.6 is 22.9 Å². The summed E-state index contributed by atoms with van der Waals surface area (Å²) in [6.07, 6.45) is 0.824. The Morgan fingerprint density at radius 1 is 1.22 bits per heavy atom. The summed E-state index contributed by atoms with van der Waals surface area (Å²) in [7, 11) is 0. The molecule has 0 bridgehead atoms. The topological polar surface area (TPSA) is 68.0 Å². The average molecular weight is 348 g/mol. The Kier molecular flexibility index (Phi) is 5.05. The molecule has 0 fully saturated rings. The fourth-order valence-electron chi connectivity index (χ4n) is 2.03. The first-order valence-corrected chi connectivity index (χ1v) is 8.39. The summed E-state index contributed by atoms with van der Waals surface area (Å²) < 4.78 is 5.49. The molecule has 0 radical (unpaired) electrons. The third-order valence-corrected chi connectivity index (χ3v) is 4.13. The third kappa shape index (κ3) is 4.40. The number of nitrogens with zero attached hydrogens (tertiary/aromatic N) is 2. The molecule has 5 nitrogen and oxygen atoms in total. The Bertz CT molecular complexity index is 769. The molecule has 118 valence electrons. The molecular formula is C16H14ClN3O2S. The maximum absolute atomic E-state index is 11.9. The normalized spacial score (nSPS) is 10.7. The maximum Gasteiger partial charge on any atom is 0.248 e. The molecule has 1 N–H and O–H groups in total. The lowest BCUT2D eigenvalue weighted by Crippen LogP contribution is -2.27. The monoisotopic (exact) mass is 347 g/mol. The molecular weight excluding hydrogens is 334 g/mol. The van der Waals surface area contributed by atoms with Gasteiger partial charge in [0, 0.05) is 22.5 Å². The van der Waals surface area contributed by atoms with E-state index < -0.39 is 0 Å². The Hall–Kier alpha value is -2.18. The van der Waals surface area contributed by atoms with E-state index in [4.69, 9.17) is 16.0 Å². The number of aromatic nitrogens is 2. The number of carbonyl (C=O) groups excluding carboxylic acids is 1. The standard InChI is InChI=1S/C16H14ClN3O2S/c17-13-3-1-11(2-4-13)5-7-18-14(21)9-15-19-20-16(22-15)12-6-8-23-10-12/h1-4,6,8,10H,5,7,9H2,(H,18,21). The first-order chi connectivity index (χ1) is 11.2. The van der Waals surface area contributed by atoms with Crippen molar-refractivity contribution < 1.29 is 9.21 Å². The van der Waals surface area contributed by atoms with Crippen LogP contribution in [0.3, 0.4) is 0 Å². The molecule has 1 aromatic carbocycles. The summed E-state index contributed by atoms with van der Waals surface area (Å²) in [5.74, 6) is 0.616. The van der Waals surface area contributed by atoms with Crippen LogP contribution in [0.25, 0.3) is 11.5 Å². The van der Waals surface area contributed by atoms with Crippen LogP contribution in [0, 0.1) is 0 Å². The molecule has 0 aliphatic carbocycles. The zero-order valence-corrected chi connectivity index (χ0v) is 13.7. The summed E-state index contributed by atoms with van der Waals surface area (Å²) in [6, 6.07) is 9.46. The Morgan fingerprint density at radius 2 is 2.04 bits per heavy atom. The number of nitrogens with one attached hydrogen (secondary N) is 1. The molecule has 3 aromatic rings. The quantitative estimate of drug-likeness (QED) is 0.742. The second kappa shape index (κ2) is 7.39. The fourth-order valence-corrected chi connectivity index (χ4v) is 2.78. The number of halogens is 1. The second-order valence-electron chi connectivity index (χ2n) is 4.92. The van der Waals surface area contributed by atoms with Gasteiger partial charge in [-0.25, -0.2) is 0 Å². The van der Waals surface area contributed by atoms with E-state index in [0.29, 0.717) is 23.3 Å². The van der Waals surface area contributed by atoms with Crippen molar-refractivity contribution in [1.82, 2.24) is 15.5 Å². The molecule has 0 saturated carbocycles. The van der Waals surface area contributed by atoms with Gasteiger partial charge in [0.2, 0.25) is 17.7 Å². The van der Waals surface area contributed by atoms with Gasteiger partial charge in [-0.05, 0) is 35.6 Å². The van der Waals surface area contributed by atoms with Gasteiger partial charge in [-0.15, -0.1) is 10.2 Å². The SMILES string of the molecule is O=C(Cc1nnc(-c2ccsc2)o1)NCCc1ccc(Cl)cc1. The Morgan fingerprint density at radius 3 is 2.78 bits per heavy atom. The van der Waals surface area contributed by atoms with E-state index >= 15 is 0 Å². The molecule has 2 aromatic heterocycles. The van der Waals surface area contributed by atoms with Crippen molar-refractivity contribution in [3.8, 4) is 11.5 Å². The van der Waals surface area contributed by atoms with E-state index in [9.17, 15) is 4.79 Å². The molecule has 23 heavy (non-hydrogen) atoms. The number of thiophene rings is 1. The van der Waals surface area contributed by atoms with Crippen molar-refractivity contribution in [1.29, 1.82) is 0 Å². The molecule has 0 aliphatic heterocycles. The van der Waals surface area contributed by atoms with Crippen LogP contribution in [0.15, 0.2) is 45.5 Å². The van der Waals surface area contributed by atoms with E-state index in [1.165, 1.54) is 0 Å². The van der Waals surface area contributed by atoms with E-state index in [-0.39, 0.29) is 12.3 Å². The number of rotatable bonds is 6. The van der Waals surface area contributed by atoms with Gasteiger partial charge in [0.25, 0.3) is 0 Å². The Labute approximate surface area is 142 Å². The zero-order chi connectivity index (χ0) is 16.1. The summed E-state index contributed by atoms with van der Waals surface area (Å²) >= 11 is 7.39. The first-order valence-electron chi connectivity index (χ1n) is 7.07. The lowest BCUT2D eigenvalue weighted by Gasteiger charge is -2.04. The largest absolute Gasteiger partial charge is 0.420 e. The van der Waals surface area contributed by atoms with Gasteiger partial charge in [0.1, 0.15) is 6.42 Å². The number of hydrogen-bond acceptors (Lipinski definition) is 5. The highest BCUT2D eigenvalue weighted by Gasteiger charge is 2.12. The van der Waals surface area contributed by atoms with Crippen LogP contribution in [0.1, 0.15) is 11.5 Å². The van der Waals surface area contributed by atoms with E-state index in [0.717, 1.165) is 17.5 Å². The molecule has 1 amide bonds. The highest BCUT2D eigenvalue weighted by Crippen LogP contribution is 2.20. The summed E-state index contributed by atoms with van der Waals surface area (Å²) in [6.45, 7) is 0.548. The van der Waals surface area contributed by atoms with Crippen molar-refractivity contribution >= 4 is 28.8 Å². The van der Waals surface area contributed by atoms with Crippen molar-refractivity contribution in [3.63, 3.8) is 0 Å². The van der Waals surface area contributed by atoms with Gasteiger partial charge in [-0.1, -0.05) is 23.7 Å². The smallest absolute Gasteiger partial charge is 0.248 e. The lowest BCUT2D eigenvalue weighted by atomic mass is 10.1. The predicted molar refractivity (Wildman–Crippen MR) is 89.5 cm³/mol. The molecule has 0 atom stereocenters. The summed E-state index contributed by atoms with van der Waals surface area (Å²) in [5.41, 5.74) is 1.99. The number of amides is 1. The minimum atomic E-state index is -0.139. The number of hydrogen-bond donors (Lipinski definition) is 1. The first kappa shape index (κ1) is 15.7. The molecule has 0 aliphatic rings. The van der Waals surface area contributed by atoms with Gasteiger partial charge in [0.15, 0.2) is 0 Å². The molecule has 0 unspecified atom stereocenters. The zero-order valence-electron chi connectivity index (χ0n) is 12.2. The third-order valence-electron chi connectivity index (χ3n) is 3.20. The fraction of sp³-hybridized carbons (Fsp3) is 0.188. The van der Waals surface area contributed by atoms with Crippen LogP contribution in [-0.4, -0.2) is 22.6 Å². The van der Waals surface area contributed by atoms with Crippen LogP contribution in [0.4, 0.5) is 0 Å². The van der Waals surface area contributed by atoms with E-state index in [2.05, 4.69) is 15.5 Å². The number of benzene rings is 1. The van der Waals surface area contributed by atoms with Gasteiger partial charge in [-0.3, -0.25) is 4.79 Å². The summed E-state index contributed by atoms with van der Waals surface area (Å²) in [5, 5.41) is 15.2. The number of carbonyl (C=O) groups is 1. The van der Waals surface area contributed by atoms with Crippen molar-refractivity contribution in [3.05, 3.63) is 57.6 Å². The van der Waals surface area contributed by atoms with Crippen molar-refractivity contribution in [2.75, 3.05) is 6.54 Å². The molecule has 0 saturated heterocycles. The van der Waals surface area contributed by atoms with Gasteiger partial charge >= 0.3 is 0 Å². The second-order valence-corrected chi connectivity index (χ2v) is 6.13. The van der Waals surface area contributed by atoms with Gasteiger partial charge in [-0.2, -0.15) is 11.3 Å². The van der Waals surface area contributed by atoms with E-state index in [1.54, 1.807) is 11.3 Å². The lowest BCUT2D eigenvalue weighted by molar-refractivity contribution is -0.120. The van der Waals surface area contributed by atoms with Crippen molar-refractivity contribution in [2.45, 2.75) is 12.8 Å². The summed E-state index contributed by atoms with van der Waals surface area (Å²) in [4.78, 5) is 11.9. The maximum atomic E-state index is 11.9. The van der Waals surface area contributed by atoms with Crippen molar-refractivity contribution in [2.24, 2.45) is 0 Å². The van der Waals surface area contributed by atoms with E-state index in [1.807, 2.05) is 41.1 Å². The van der Waals surface area contributed by atoms with Crippen LogP contribution in [0.2, 0.25) is 5.02 Å². The van der Waals surface area contributed by atoms with Crippen LogP contribution in [-0.2, 0) is 17.6 Å². The molecule has 2 heterocycles. The van der Waals surface area contributed by atoms with Gasteiger partial charge in [0.05, 0.1) is 0 Å². The average Bonchev–Trinajstić information content (AvgIpc) is 3.20. The predicted octanol–water partition coefficient (Wildman–Crippen LogP) is 3.35. The highest BCUT2D eigenvalue weighted by atomic mass is 35.5. The Balaban J connectivity index is 1.47. The minimum Gasteiger partial charge on any atom is -0.420 e. The molecule has 7 heteroatoms. The minimum absolute atomic E-state index is 0.0811. The van der Waals surface area contributed by atoms with Crippen LogP contribution in [0.5, 0.6) is 0 Å². The molecule has 3 rings (SSSR count). The highest BCUT2D eigenvalue weighted by molar-refractivity contribution is 7.08. The molecule has 0 spiro atoms. The van der Waals surface area contributed by atoms with Gasteiger partial charge < -0.3 is 9.73 Å². The van der Waals surface area contributed by atoms with Crippen LogP contribution < -0.4 is 5.32 Å².